The summed E-state index contributed by atoms with van der Waals surface area (Å²) in [4.78, 5) is 5.35. The van der Waals surface area contributed by atoms with Gasteiger partial charge in [0.2, 0.25) is 11.4 Å². The molecule has 9 nitrogen and oxygen atoms in total. The lowest BCUT2D eigenvalue weighted by atomic mass is 10.1. The fourth-order valence-corrected chi connectivity index (χ4v) is 9.14. The standard InChI is InChI=1S/C27H22N2O6S4.C6H15N/c30-38(31,32)15-5-14-28-24(36-22-12-10-18-6-1-3-8-20(18)26(22)28)16-25-29(17-39(33,34)35)27-21-9-4-2-7-19(21)11-13-23(27)37-25;1-4-7(5-2)6-3/h1-4,6-13,16H,5,14-15,17H2,(H-,30,31,32,33,34,35);4-6H2,1-3H3. The van der Waals surface area contributed by atoms with Crippen LogP contribution in [0.4, 0.5) is 5.69 Å². The van der Waals surface area contributed by atoms with Crippen molar-refractivity contribution in [2.75, 3.05) is 36.8 Å². The largest absolute Gasteiger partial charge is 0.743 e. The Morgan fingerprint density at radius 1 is 0.870 bits per heavy atom. The van der Waals surface area contributed by atoms with Crippen LogP contribution >= 0.6 is 23.1 Å². The molecule has 0 aliphatic carbocycles. The fraction of sp³-hybridized carbons (Fsp3) is 0.303. The van der Waals surface area contributed by atoms with Gasteiger partial charge in [0.15, 0.2) is 10.1 Å². The summed E-state index contributed by atoms with van der Waals surface area (Å²) in [6.07, 6.45) is 2.04. The Morgan fingerprint density at radius 2 is 1.48 bits per heavy atom. The Hall–Kier alpha value is -3.04. The lowest BCUT2D eigenvalue weighted by Gasteiger charge is -2.21. The van der Waals surface area contributed by atoms with Crippen LogP contribution in [0, 0.1) is 0 Å². The molecule has 0 spiro atoms. The van der Waals surface area contributed by atoms with E-state index in [-0.39, 0.29) is 12.2 Å². The molecule has 0 saturated heterocycles. The van der Waals surface area contributed by atoms with Crippen LogP contribution in [0.1, 0.15) is 32.2 Å². The van der Waals surface area contributed by atoms with Gasteiger partial charge in [0.25, 0.3) is 15.1 Å². The average molecular weight is 700 g/mol. The van der Waals surface area contributed by atoms with Gasteiger partial charge in [0, 0.05) is 16.8 Å². The molecule has 2 heterocycles. The van der Waals surface area contributed by atoms with Gasteiger partial charge in [0.1, 0.15) is 4.70 Å². The summed E-state index contributed by atoms with van der Waals surface area (Å²) >= 11 is 2.88. The predicted molar refractivity (Wildman–Crippen MR) is 189 cm³/mol. The Morgan fingerprint density at radius 3 is 2.09 bits per heavy atom. The number of thiazole rings is 1. The number of anilines is 1. The average Bonchev–Trinajstić information content (AvgIpc) is 3.54. The zero-order chi connectivity index (χ0) is 33.1. The highest BCUT2D eigenvalue weighted by Crippen LogP contribution is 2.50. The number of aromatic nitrogens is 1. The first-order chi connectivity index (χ1) is 21.9. The summed E-state index contributed by atoms with van der Waals surface area (Å²) < 4.78 is 70.6. The molecule has 244 valence electrons. The number of benzene rings is 4. The zero-order valence-corrected chi connectivity index (χ0v) is 29.2. The lowest BCUT2D eigenvalue weighted by Crippen LogP contribution is -2.39. The molecule has 1 N–H and O–H groups in total. The first-order valence-corrected chi connectivity index (χ1v) is 19.9. The summed E-state index contributed by atoms with van der Waals surface area (Å²) in [6.45, 7) is 10.4. The predicted octanol–water partition coefficient (Wildman–Crippen LogP) is 6.53. The summed E-state index contributed by atoms with van der Waals surface area (Å²) in [6, 6.07) is 23.4. The van der Waals surface area contributed by atoms with Crippen LogP contribution < -0.4 is 9.47 Å². The van der Waals surface area contributed by atoms with Gasteiger partial charge in [-0.15, -0.1) is 0 Å². The minimum Gasteiger partial charge on any atom is -0.743 e. The molecule has 4 aromatic carbocycles. The molecule has 0 saturated carbocycles. The summed E-state index contributed by atoms with van der Waals surface area (Å²) in [5.74, 6) is -1.10. The molecule has 6 rings (SSSR count). The fourth-order valence-electron chi connectivity index (χ4n) is 5.65. The quantitative estimate of drug-likeness (QED) is 0.128. The third kappa shape index (κ3) is 7.91. The van der Waals surface area contributed by atoms with Crippen molar-refractivity contribution in [2.24, 2.45) is 0 Å². The SMILES string of the molecule is CCN(CC)CC.O=S(=O)([O-])C[n+]1c(C=C2Sc3ccc4ccccc4c3N2CCCS(=O)(=O)O)sc2ccc3ccccc3c21. The van der Waals surface area contributed by atoms with Gasteiger partial charge in [-0.3, -0.25) is 4.55 Å². The molecule has 0 fully saturated rings. The van der Waals surface area contributed by atoms with Crippen LogP contribution in [0.5, 0.6) is 0 Å². The number of hydrogen-bond acceptors (Lipinski definition) is 9. The molecular formula is C33H37N3O6S4. The van der Waals surface area contributed by atoms with Gasteiger partial charge in [-0.1, -0.05) is 98.5 Å². The van der Waals surface area contributed by atoms with E-state index in [0.29, 0.717) is 17.1 Å². The highest BCUT2D eigenvalue weighted by atomic mass is 32.2. The number of rotatable bonds is 10. The van der Waals surface area contributed by atoms with Crippen LogP contribution in [0.3, 0.4) is 0 Å². The Bertz CT molecular complexity index is 2120. The van der Waals surface area contributed by atoms with Crippen LogP contribution in [0.2, 0.25) is 0 Å². The molecule has 0 amide bonds. The topological polar surface area (TPSA) is 122 Å². The van der Waals surface area contributed by atoms with E-state index in [2.05, 4.69) is 25.7 Å². The molecular weight excluding hydrogens is 663 g/mol. The van der Waals surface area contributed by atoms with E-state index in [4.69, 9.17) is 0 Å². The summed E-state index contributed by atoms with van der Waals surface area (Å²) in [5.41, 5.74) is 1.60. The molecule has 46 heavy (non-hydrogen) atoms. The van der Waals surface area contributed by atoms with E-state index in [1.165, 1.54) is 42.7 Å². The van der Waals surface area contributed by atoms with Crippen LogP contribution in [-0.4, -0.2) is 62.8 Å². The first kappa shape index (κ1) is 34.3. The molecule has 1 aliphatic rings. The molecule has 1 aliphatic heterocycles. The van der Waals surface area contributed by atoms with Gasteiger partial charge in [-0.25, -0.2) is 8.42 Å². The highest BCUT2D eigenvalue weighted by molar-refractivity contribution is 8.04. The molecule has 1 aromatic heterocycles. The van der Waals surface area contributed by atoms with Crippen molar-refractivity contribution < 1.29 is 30.5 Å². The maximum atomic E-state index is 12.0. The highest BCUT2D eigenvalue weighted by Gasteiger charge is 2.30. The smallest absolute Gasteiger partial charge is 0.266 e. The second-order valence-electron chi connectivity index (χ2n) is 10.8. The van der Waals surface area contributed by atoms with E-state index in [1.54, 1.807) is 4.57 Å². The van der Waals surface area contributed by atoms with Crippen molar-refractivity contribution in [2.45, 2.75) is 38.0 Å². The molecule has 0 bridgehead atoms. The Balaban J connectivity index is 0.000000537. The van der Waals surface area contributed by atoms with Gasteiger partial charge in [0.05, 0.1) is 27.9 Å². The molecule has 13 heteroatoms. The van der Waals surface area contributed by atoms with Crippen LogP contribution in [-0.2, 0) is 26.1 Å². The molecule has 0 unspecified atom stereocenters. The van der Waals surface area contributed by atoms with Crippen molar-refractivity contribution in [3.63, 3.8) is 0 Å². The normalized spacial score (nSPS) is 14.4. The first-order valence-electron chi connectivity index (χ1n) is 15.1. The zero-order valence-electron chi connectivity index (χ0n) is 25.9. The third-order valence-corrected chi connectivity index (χ3v) is 11.5. The Labute approximate surface area is 278 Å². The number of nitrogens with zero attached hydrogens (tertiary/aromatic N) is 3. The van der Waals surface area contributed by atoms with Gasteiger partial charge in [-0.2, -0.15) is 13.0 Å². The second kappa shape index (κ2) is 14.4. The van der Waals surface area contributed by atoms with E-state index in [0.717, 1.165) is 41.9 Å². The van der Waals surface area contributed by atoms with Gasteiger partial charge < -0.3 is 14.4 Å². The number of fused-ring (bicyclic) bond motifs is 6. The van der Waals surface area contributed by atoms with Crippen molar-refractivity contribution in [3.05, 3.63) is 82.8 Å². The van der Waals surface area contributed by atoms with E-state index < -0.39 is 26.1 Å². The van der Waals surface area contributed by atoms with Crippen molar-refractivity contribution >= 4 is 86.9 Å². The number of hydrogen-bond donors (Lipinski definition) is 1. The van der Waals surface area contributed by atoms with Crippen molar-refractivity contribution in [1.29, 1.82) is 0 Å². The minimum atomic E-state index is -4.61. The Kier molecular flexibility index (Phi) is 10.7. The van der Waals surface area contributed by atoms with E-state index in [1.807, 2.05) is 83.8 Å². The molecule has 0 radical (unpaired) electrons. The maximum Gasteiger partial charge on any atom is 0.266 e. The van der Waals surface area contributed by atoms with Crippen molar-refractivity contribution in [1.82, 2.24) is 4.90 Å². The van der Waals surface area contributed by atoms with Gasteiger partial charge in [-0.05, 0) is 55.0 Å². The maximum absolute atomic E-state index is 12.0. The second-order valence-corrected chi connectivity index (χ2v) is 15.9. The summed E-state index contributed by atoms with van der Waals surface area (Å²) in [7, 11) is -8.75. The molecule has 0 atom stereocenters. The van der Waals surface area contributed by atoms with Gasteiger partial charge >= 0.3 is 0 Å². The van der Waals surface area contributed by atoms with E-state index >= 15 is 0 Å². The number of thioether (sulfide) groups is 1. The van der Waals surface area contributed by atoms with Crippen LogP contribution in [0.25, 0.3) is 37.8 Å². The van der Waals surface area contributed by atoms with Crippen molar-refractivity contribution in [3.8, 4) is 0 Å². The van der Waals surface area contributed by atoms with Crippen LogP contribution in [0.15, 0.2) is 82.7 Å². The lowest BCUT2D eigenvalue weighted by molar-refractivity contribution is -0.648. The van der Waals surface area contributed by atoms with E-state index in [9.17, 15) is 25.9 Å². The minimum absolute atomic E-state index is 0.186. The molecule has 5 aromatic rings. The summed E-state index contributed by atoms with van der Waals surface area (Å²) in [5, 5.41) is 5.15. The third-order valence-electron chi connectivity index (χ3n) is 7.89. The monoisotopic (exact) mass is 699 g/mol.